The minimum Gasteiger partial charge on any atom is -0.351 e. The number of fused-ring (bicyclic) bond motifs is 2. The highest BCUT2D eigenvalue weighted by molar-refractivity contribution is 5.83. The molecular weight excluding hydrogens is 260 g/mol. The van der Waals surface area contributed by atoms with Crippen LogP contribution in [-0.4, -0.2) is 24.5 Å². The number of carbonyl (C=O) groups excluding carboxylic acids is 1. The second kappa shape index (κ2) is 4.71. The van der Waals surface area contributed by atoms with Gasteiger partial charge in [-0.15, -0.1) is 0 Å². The molecule has 3 aliphatic rings. The number of piperidine rings is 1. The van der Waals surface area contributed by atoms with Crippen LogP contribution in [0.5, 0.6) is 0 Å². The summed E-state index contributed by atoms with van der Waals surface area (Å²) in [6, 6.07) is 0.329. The summed E-state index contributed by atoms with van der Waals surface area (Å²) in [6.07, 6.45) is 6.07. The summed E-state index contributed by atoms with van der Waals surface area (Å²) in [5, 5.41) is 6.88. The predicted octanol–water partition coefficient (Wildman–Crippen LogP) is 3.10. The van der Waals surface area contributed by atoms with Gasteiger partial charge in [0, 0.05) is 6.04 Å². The Kier molecular flexibility index (Phi) is 3.44. The maximum absolute atomic E-state index is 12.8. The fourth-order valence-corrected chi connectivity index (χ4v) is 5.34. The SMILES string of the molecule is CC1(C)CCCNC1C(=O)NC1CC2CCC1(C)C2(C)C. The minimum atomic E-state index is -0.0305. The Hall–Kier alpha value is -0.570. The molecule has 1 heterocycles. The first-order valence-corrected chi connectivity index (χ1v) is 8.72. The predicted molar refractivity (Wildman–Crippen MR) is 86.0 cm³/mol. The van der Waals surface area contributed by atoms with E-state index in [9.17, 15) is 4.79 Å². The minimum absolute atomic E-state index is 0.0305. The summed E-state index contributed by atoms with van der Waals surface area (Å²) >= 11 is 0. The van der Waals surface area contributed by atoms with Crippen molar-refractivity contribution in [2.24, 2.45) is 22.2 Å². The van der Waals surface area contributed by atoms with E-state index >= 15 is 0 Å². The van der Waals surface area contributed by atoms with Gasteiger partial charge in [0.2, 0.25) is 5.91 Å². The van der Waals surface area contributed by atoms with Crippen molar-refractivity contribution < 1.29 is 4.79 Å². The van der Waals surface area contributed by atoms with E-state index in [0.717, 1.165) is 18.9 Å². The van der Waals surface area contributed by atoms with Gasteiger partial charge in [-0.3, -0.25) is 4.79 Å². The first-order valence-electron chi connectivity index (χ1n) is 8.72. The molecule has 21 heavy (non-hydrogen) atoms. The summed E-state index contributed by atoms with van der Waals surface area (Å²) in [5.41, 5.74) is 0.697. The highest BCUT2D eigenvalue weighted by Crippen LogP contribution is 2.65. The lowest BCUT2D eigenvalue weighted by Crippen LogP contribution is -2.59. The molecule has 3 fully saturated rings. The van der Waals surface area contributed by atoms with Gasteiger partial charge in [0.25, 0.3) is 0 Å². The molecule has 2 aliphatic carbocycles. The molecule has 2 saturated carbocycles. The van der Waals surface area contributed by atoms with Crippen molar-refractivity contribution in [3.63, 3.8) is 0 Å². The van der Waals surface area contributed by atoms with Crippen LogP contribution < -0.4 is 10.6 Å². The fraction of sp³-hybridized carbons (Fsp3) is 0.944. The standard InChI is InChI=1S/C18H32N2O/c1-16(2)8-6-10-19-14(16)15(21)20-13-11-12-7-9-18(13,5)17(12,3)4/h12-14,19H,6-11H2,1-5H3,(H,20,21). The van der Waals surface area contributed by atoms with Crippen LogP contribution in [0.1, 0.15) is 66.7 Å². The molecular formula is C18H32N2O. The number of rotatable bonds is 2. The number of hydrogen-bond acceptors (Lipinski definition) is 2. The van der Waals surface area contributed by atoms with E-state index in [0.29, 0.717) is 11.5 Å². The van der Waals surface area contributed by atoms with Gasteiger partial charge < -0.3 is 10.6 Å². The third-order valence-corrected chi connectivity index (χ3v) is 7.50. The molecule has 2 N–H and O–H groups in total. The molecule has 120 valence electrons. The molecule has 0 aromatic rings. The van der Waals surface area contributed by atoms with Crippen LogP contribution in [0.15, 0.2) is 0 Å². The average Bonchev–Trinajstić information content (AvgIpc) is 2.71. The molecule has 1 saturated heterocycles. The van der Waals surface area contributed by atoms with Crippen molar-refractivity contribution in [3.8, 4) is 0 Å². The van der Waals surface area contributed by atoms with Gasteiger partial charge in [0.15, 0.2) is 0 Å². The Morgan fingerprint density at radius 2 is 1.86 bits per heavy atom. The maximum atomic E-state index is 12.8. The van der Waals surface area contributed by atoms with Crippen LogP contribution in [-0.2, 0) is 4.79 Å². The van der Waals surface area contributed by atoms with E-state index in [2.05, 4.69) is 45.3 Å². The Balaban J connectivity index is 1.72. The molecule has 0 radical (unpaired) electrons. The molecule has 4 atom stereocenters. The monoisotopic (exact) mass is 292 g/mol. The second-order valence-corrected chi connectivity index (χ2v) is 9.15. The highest BCUT2D eigenvalue weighted by Gasteiger charge is 2.61. The summed E-state index contributed by atoms with van der Waals surface area (Å²) in [7, 11) is 0. The van der Waals surface area contributed by atoms with Gasteiger partial charge in [-0.1, -0.05) is 34.6 Å². The first-order chi connectivity index (χ1) is 9.68. The maximum Gasteiger partial charge on any atom is 0.237 e. The van der Waals surface area contributed by atoms with Gasteiger partial charge in [0.05, 0.1) is 6.04 Å². The first kappa shape index (κ1) is 15.3. The summed E-state index contributed by atoms with van der Waals surface area (Å²) in [4.78, 5) is 12.8. The smallest absolute Gasteiger partial charge is 0.237 e. The molecule has 3 nitrogen and oxygen atoms in total. The molecule has 3 heteroatoms. The van der Waals surface area contributed by atoms with Gasteiger partial charge in [-0.05, 0) is 60.8 Å². The van der Waals surface area contributed by atoms with Gasteiger partial charge in [0.1, 0.15) is 0 Å². The summed E-state index contributed by atoms with van der Waals surface area (Å²) < 4.78 is 0. The van der Waals surface area contributed by atoms with Crippen molar-refractivity contribution >= 4 is 5.91 Å². The van der Waals surface area contributed by atoms with Crippen molar-refractivity contribution in [2.45, 2.75) is 78.8 Å². The van der Waals surface area contributed by atoms with Crippen molar-refractivity contribution in [1.29, 1.82) is 0 Å². The molecule has 4 unspecified atom stereocenters. The average molecular weight is 292 g/mol. The van der Waals surface area contributed by atoms with Crippen molar-refractivity contribution in [2.75, 3.05) is 6.54 Å². The summed E-state index contributed by atoms with van der Waals surface area (Å²) in [6.45, 7) is 12.6. The normalized spacial score (nSPS) is 43.8. The van der Waals surface area contributed by atoms with Crippen LogP contribution in [0.2, 0.25) is 0 Å². The van der Waals surface area contributed by atoms with Gasteiger partial charge >= 0.3 is 0 Å². The summed E-state index contributed by atoms with van der Waals surface area (Å²) in [5.74, 6) is 1.01. The Labute approximate surface area is 129 Å². The van der Waals surface area contributed by atoms with Crippen LogP contribution in [0, 0.1) is 22.2 Å². The molecule has 0 aromatic carbocycles. The zero-order chi connectivity index (χ0) is 15.5. The highest BCUT2D eigenvalue weighted by atomic mass is 16.2. The molecule has 3 rings (SSSR count). The van der Waals surface area contributed by atoms with Crippen LogP contribution in [0.25, 0.3) is 0 Å². The van der Waals surface area contributed by atoms with E-state index < -0.39 is 0 Å². The van der Waals surface area contributed by atoms with Crippen molar-refractivity contribution in [1.82, 2.24) is 10.6 Å². The zero-order valence-electron chi connectivity index (χ0n) is 14.4. The third kappa shape index (κ3) is 2.15. The number of carbonyl (C=O) groups is 1. The van der Waals surface area contributed by atoms with E-state index in [-0.39, 0.29) is 22.8 Å². The lowest BCUT2D eigenvalue weighted by atomic mass is 9.69. The van der Waals surface area contributed by atoms with E-state index in [1.165, 1.54) is 25.7 Å². The molecule has 0 spiro atoms. The number of amides is 1. The number of hydrogen-bond donors (Lipinski definition) is 2. The lowest BCUT2D eigenvalue weighted by molar-refractivity contribution is -0.128. The largest absolute Gasteiger partial charge is 0.351 e. The topological polar surface area (TPSA) is 41.1 Å². The van der Waals surface area contributed by atoms with Crippen LogP contribution in [0.3, 0.4) is 0 Å². The third-order valence-electron chi connectivity index (χ3n) is 7.50. The number of nitrogens with one attached hydrogen (secondary N) is 2. The lowest BCUT2D eigenvalue weighted by Gasteiger charge is -2.42. The Morgan fingerprint density at radius 1 is 1.14 bits per heavy atom. The molecule has 0 aromatic heterocycles. The van der Waals surface area contributed by atoms with E-state index in [4.69, 9.17) is 0 Å². The van der Waals surface area contributed by atoms with Gasteiger partial charge in [-0.25, -0.2) is 0 Å². The molecule has 1 aliphatic heterocycles. The quantitative estimate of drug-likeness (QED) is 0.821. The second-order valence-electron chi connectivity index (χ2n) is 9.15. The molecule has 2 bridgehead atoms. The van der Waals surface area contributed by atoms with Crippen LogP contribution in [0.4, 0.5) is 0 Å². The Morgan fingerprint density at radius 3 is 2.38 bits per heavy atom. The van der Waals surface area contributed by atoms with E-state index in [1.54, 1.807) is 0 Å². The molecule has 1 amide bonds. The Bertz CT molecular complexity index is 442. The zero-order valence-corrected chi connectivity index (χ0v) is 14.4. The van der Waals surface area contributed by atoms with Crippen molar-refractivity contribution in [3.05, 3.63) is 0 Å². The van der Waals surface area contributed by atoms with Crippen LogP contribution >= 0.6 is 0 Å². The van der Waals surface area contributed by atoms with Gasteiger partial charge in [-0.2, -0.15) is 0 Å². The van der Waals surface area contributed by atoms with E-state index in [1.807, 2.05) is 0 Å². The fourth-order valence-electron chi connectivity index (χ4n) is 5.34.